The first-order valence-corrected chi connectivity index (χ1v) is 10.9. The van der Waals surface area contributed by atoms with Gasteiger partial charge in [0, 0.05) is 38.2 Å². The Balaban J connectivity index is 1.53. The number of aryl methyl sites for hydroxylation is 2. The second-order valence-electron chi connectivity index (χ2n) is 7.68. The maximum absolute atomic E-state index is 13.0. The van der Waals surface area contributed by atoms with Gasteiger partial charge in [-0.15, -0.1) is 10.2 Å². The van der Waals surface area contributed by atoms with Gasteiger partial charge in [-0.25, -0.2) is 13.4 Å². The van der Waals surface area contributed by atoms with Crippen molar-refractivity contribution in [2.75, 3.05) is 13.1 Å². The molecule has 9 nitrogen and oxygen atoms in total. The first kappa shape index (κ1) is 19.0. The molecule has 4 rings (SSSR count). The summed E-state index contributed by atoms with van der Waals surface area (Å²) in [7, 11) is -1.76. The summed E-state index contributed by atoms with van der Waals surface area (Å²) in [4.78, 5) is 4.37. The predicted molar refractivity (Wildman–Crippen MR) is 104 cm³/mol. The van der Waals surface area contributed by atoms with Gasteiger partial charge in [0.05, 0.1) is 5.69 Å². The smallest absolute Gasteiger partial charge is 0.262 e. The molecule has 1 aliphatic heterocycles. The number of fused-ring (bicyclic) bond motifs is 1. The molecule has 3 aromatic heterocycles. The summed E-state index contributed by atoms with van der Waals surface area (Å²) in [6, 6.07) is 3.80. The highest BCUT2D eigenvalue weighted by Gasteiger charge is 2.33. The molecule has 0 N–H and O–H groups in total. The molecular weight excluding hydrogens is 378 g/mol. The number of sulfonamides is 1. The first-order valence-electron chi connectivity index (χ1n) is 9.49. The molecule has 0 spiro atoms. The largest absolute Gasteiger partial charge is 0.336 e. The van der Waals surface area contributed by atoms with Gasteiger partial charge in [0.25, 0.3) is 10.0 Å². The van der Waals surface area contributed by atoms with Crippen LogP contribution in [0.4, 0.5) is 0 Å². The zero-order valence-electron chi connectivity index (χ0n) is 16.6. The monoisotopic (exact) mass is 403 g/mol. The van der Waals surface area contributed by atoms with E-state index in [-0.39, 0.29) is 16.9 Å². The van der Waals surface area contributed by atoms with Gasteiger partial charge in [0.15, 0.2) is 16.5 Å². The fraction of sp³-hybridized carbons (Fsp3) is 0.556. The van der Waals surface area contributed by atoms with Crippen LogP contribution in [0.15, 0.2) is 23.4 Å². The number of nitrogens with zero attached hydrogens (tertiary/aromatic N) is 7. The average Bonchev–Trinajstić information content (AvgIpc) is 3.25. The lowest BCUT2D eigenvalue weighted by Crippen LogP contribution is -2.38. The van der Waals surface area contributed by atoms with E-state index in [1.54, 1.807) is 15.3 Å². The number of hydrogen-bond acceptors (Lipinski definition) is 6. The molecule has 0 aromatic carbocycles. The van der Waals surface area contributed by atoms with Crippen molar-refractivity contribution < 1.29 is 8.42 Å². The van der Waals surface area contributed by atoms with Crippen LogP contribution in [-0.4, -0.2) is 55.2 Å². The van der Waals surface area contributed by atoms with E-state index in [9.17, 15) is 8.42 Å². The van der Waals surface area contributed by atoms with E-state index >= 15 is 0 Å². The number of imidazole rings is 1. The molecule has 0 atom stereocenters. The van der Waals surface area contributed by atoms with Crippen molar-refractivity contribution in [1.29, 1.82) is 0 Å². The Kier molecular flexibility index (Phi) is 4.70. The summed E-state index contributed by atoms with van der Waals surface area (Å²) in [6.07, 6.45) is 2.97. The maximum Gasteiger partial charge on any atom is 0.262 e. The molecule has 0 aliphatic carbocycles. The quantitative estimate of drug-likeness (QED) is 0.659. The number of piperidine rings is 1. The highest BCUT2D eigenvalue weighted by Crippen LogP contribution is 2.30. The second-order valence-corrected chi connectivity index (χ2v) is 9.57. The van der Waals surface area contributed by atoms with Gasteiger partial charge in [-0.05, 0) is 31.9 Å². The minimum Gasteiger partial charge on any atom is -0.336 e. The van der Waals surface area contributed by atoms with Crippen LogP contribution >= 0.6 is 0 Å². The maximum atomic E-state index is 13.0. The van der Waals surface area contributed by atoms with E-state index < -0.39 is 10.0 Å². The van der Waals surface area contributed by atoms with Crippen LogP contribution in [-0.2, 0) is 17.1 Å². The highest BCUT2D eigenvalue weighted by atomic mass is 32.2. The normalized spacial score (nSPS) is 17.0. The molecular formula is C18H25N7O2S. The van der Waals surface area contributed by atoms with Crippen molar-refractivity contribution >= 4 is 15.7 Å². The molecule has 3 aromatic rings. The van der Waals surface area contributed by atoms with Crippen LogP contribution in [0.3, 0.4) is 0 Å². The van der Waals surface area contributed by atoms with E-state index in [0.29, 0.717) is 31.6 Å². The Morgan fingerprint density at radius 2 is 1.86 bits per heavy atom. The van der Waals surface area contributed by atoms with Gasteiger partial charge >= 0.3 is 0 Å². The topological polar surface area (TPSA) is 98.3 Å². The van der Waals surface area contributed by atoms with Gasteiger partial charge in [-0.1, -0.05) is 13.8 Å². The minimum atomic E-state index is -3.60. The van der Waals surface area contributed by atoms with Gasteiger partial charge in [0.1, 0.15) is 5.82 Å². The second kappa shape index (κ2) is 6.93. The molecule has 0 unspecified atom stereocenters. The molecule has 0 amide bonds. The molecule has 1 aliphatic rings. The van der Waals surface area contributed by atoms with Crippen molar-refractivity contribution in [2.45, 2.75) is 50.5 Å². The van der Waals surface area contributed by atoms with Crippen LogP contribution in [0.2, 0.25) is 0 Å². The molecule has 0 saturated carbocycles. The first-order chi connectivity index (χ1) is 13.3. The van der Waals surface area contributed by atoms with E-state index in [1.165, 1.54) is 4.31 Å². The van der Waals surface area contributed by atoms with Crippen LogP contribution in [0.5, 0.6) is 0 Å². The van der Waals surface area contributed by atoms with Crippen molar-refractivity contribution in [3.63, 3.8) is 0 Å². The van der Waals surface area contributed by atoms with Crippen molar-refractivity contribution in [1.82, 2.24) is 33.7 Å². The summed E-state index contributed by atoms with van der Waals surface area (Å²) in [5.74, 6) is 1.86. The lowest BCUT2D eigenvalue weighted by atomic mass is 9.97. The van der Waals surface area contributed by atoms with Crippen LogP contribution in [0, 0.1) is 6.92 Å². The molecule has 4 heterocycles. The third-order valence-electron chi connectivity index (χ3n) is 5.25. The molecule has 1 fully saturated rings. The Labute approximate surface area is 164 Å². The Hall–Kier alpha value is -2.33. The van der Waals surface area contributed by atoms with Crippen molar-refractivity contribution in [3.8, 4) is 0 Å². The van der Waals surface area contributed by atoms with Crippen LogP contribution < -0.4 is 0 Å². The summed E-state index contributed by atoms with van der Waals surface area (Å²) in [5, 5.41) is 13.1. The van der Waals surface area contributed by atoms with Crippen LogP contribution in [0.25, 0.3) is 5.65 Å². The van der Waals surface area contributed by atoms with Gasteiger partial charge in [-0.3, -0.25) is 0 Å². The molecule has 0 bridgehead atoms. The Morgan fingerprint density at radius 3 is 2.50 bits per heavy atom. The lowest BCUT2D eigenvalue weighted by molar-refractivity contribution is 0.310. The molecule has 28 heavy (non-hydrogen) atoms. The SMILES string of the molecule is Cc1ccc2nnc(C3CCN(S(=O)(=O)c4cn(C)c(C(C)C)n4)CC3)n2n1. The standard InChI is InChI=1S/C18H25N7O2S/c1-12(2)17-19-16(11-23(17)4)28(26,27)24-9-7-14(8-10-24)18-21-20-15-6-5-13(3)22-25(15)18/h5-6,11-12,14H,7-10H2,1-4H3. The number of aromatic nitrogens is 6. The van der Waals surface area contributed by atoms with Crippen molar-refractivity contribution in [2.24, 2.45) is 7.05 Å². The van der Waals surface area contributed by atoms with Crippen LogP contribution in [0.1, 0.15) is 55.9 Å². The highest BCUT2D eigenvalue weighted by molar-refractivity contribution is 7.89. The van der Waals surface area contributed by atoms with E-state index in [2.05, 4.69) is 20.3 Å². The van der Waals surface area contributed by atoms with E-state index in [0.717, 1.165) is 17.3 Å². The summed E-state index contributed by atoms with van der Waals surface area (Å²) >= 11 is 0. The molecule has 10 heteroatoms. The summed E-state index contributed by atoms with van der Waals surface area (Å²) in [6.45, 7) is 6.80. The predicted octanol–water partition coefficient (Wildman–Crippen LogP) is 1.86. The Bertz CT molecular complexity index is 1110. The van der Waals surface area contributed by atoms with E-state index in [4.69, 9.17) is 0 Å². The zero-order valence-corrected chi connectivity index (χ0v) is 17.4. The van der Waals surface area contributed by atoms with E-state index in [1.807, 2.05) is 40.0 Å². The minimum absolute atomic E-state index is 0.127. The van der Waals surface area contributed by atoms with Crippen molar-refractivity contribution in [3.05, 3.63) is 35.7 Å². The van der Waals surface area contributed by atoms with Gasteiger partial charge in [0.2, 0.25) is 0 Å². The molecule has 1 saturated heterocycles. The van der Waals surface area contributed by atoms with Gasteiger partial charge in [-0.2, -0.15) is 13.9 Å². The summed E-state index contributed by atoms with van der Waals surface area (Å²) in [5.41, 5.74) is 1.61. The fourth-order valence-electron chi connectivity index (χ4n) is 3.75. The number of rotatable bonds is 4. The fourth-order valence-corrected chi connectivity index (χ4v) is 5.21. The summed E-state index contributed by atoms with van der Waals surface area (Å²) < 4.78 is 31.2. The average molecular weight is 404 g/mol. The number of hydrogen-bond donors (Lipinski definition) is 0. The zero-order chi connectivity index (χ0) is 20.1. The Morgan fingerprint density at radius 1 is 1.14 bits per heavy atom. The molecule has 150 valence electrons. The lowest BCUT2D eigenvalue weighted by Gasteiger charge is -2.29. The third-order valence-corrected chi connectivity index (χ3v) is 7.02. The third kappa shape index (κ3) is 3.20. The molecule has 0 radical (unpaired) electrons. The van der Waals surface area contributed by atoms with Gasteiger partial charge < -0.3 is 4.57 Å².